The van der Waals surface area contributed by atoms with Gasteiger partial charge < -0.3 is 19.9 Å². The van der Waals surface area contributed by atoms with Gasteiger partial charge in [0.25, 0.3) is 0 Å². The van der Waals surface area contributed by atoms with Crippen LogP contribution in [-0.4, -0.2) is 26.9 Å². The van der Waals surface area contributed by atoms with Crippen molar-refractivity contribution >= 4 is 0 Å². The van der Waals surface area contributed by atoms with Crippen molar-refractivity contribution in [2.45, 2.75) is 12.6 Å². The standard InChI is InChI=1S/C12H16FNO3/c1-15-10-6-8(9(13)2-3-14)7-11-12(10)17-5-4-16-11/h6-7,9H,2-5,14H2,1H3. The van der Waals surface area contributed by atoms with E-state index in [9.17, 15) is 4.39 Å². The van der Waals surface area contributed by atoms with E-state index < -0.39 is 6.17 Å². The number of methoxy groups -OCH3 is 1. The molecule has 0 aliphatic carbocycles. The quantitative estimate of drug-likeness (QED) is 0.873. The van der Waals surface area contributed by atoms with E-state index in [1.807, 2.05) is 0 Å². The van der Waals surface area contributed by atoms with E-state index in [-0.39, 0.29) is 6.42 Å². The van der Waals surface area contributed by atoms with E-state index in [1.54, 1.807) is 12.1 Å². The molecule has 0 amide bonds. The van der Waals surface area contributed by atoms with Gasteiger partial charge in [0.05, 0.1) is 7.11 Å². The fourth-order valence-electron chi connectivity index (χ4n) is 1.79. The van der Waals surface area contributed by atoms with Crippen LogP contribution in [0.15, 0.2) is 12.1 Å². The molecule has 17 heavy (non-hydrogen) atoms. The number of hydrogen-bond donors (Lipinski definition) is 1. The highest BCUT2D eigenvalue weighted by Crippen LogP contribution is 2.42. The molecule has 1 aliphatic rings. The Morgan fingerprint density at radius 3 is 2.88 bits per heavy atom. The maximum absolute atomic E-state index is 13.8. The zero-order valence-electron chi connectivity index (χ0n) is 9.74. The Hall–Kier alpha value is -1.49. The summed E-state index contributed by atoms with van der Waals surface area (Å²) in [5.41, 5.74) is 5.86. The number of fused-ring (bicyclic) bond motifs is 1. The summed E-state index contributed by atoms with van der Waals surface area (Å²) in [4.78, 5) is 0. The smallest absolute Gasteiger partial charge is 0.203 e. The van der Waals surface area contributed by atoms with Gasteiger partial charge in [-0.25, -0.2) is 4.39 Å². The number of alkyl halides is 1. The van der Waals surface area contributed by atoms with Crippen LogP contribution >= 0.6 is 0 Å². The van der Waals surface area contributed by atoms with Gasteiger partial charge in [-0.2, -0.15) is 0 Å². The summed E-state index contributed by atoms with van der Waals surface area (Å²) in [7, 11) is 1.52. The minimum Gasteiger partial charge on any atom is -0.493 e. The van der Waals surface area contributed by atoms with Crippen LogP contribution in [0.1, 0.15) is 18.2 Å². The van der Waals surface area contributed by atoms with Crippen LogP contribution in [0.2, 0.25) is 0 Å². The lowest BCUT2D eigenvalue weighted by Crippen LogP contribution is -2.16. The molecule has 1 aliphatic heterocycles. The summed E-state index contributed by atoms with van der Waals surface area (Å²) in [6.07, 6.45) is -0.826. The molecule has 4 nitrogen and oxygen atoms in total. The molecule has 5 heteroatoms. The molecule has 1 atom stereocenters. The van der Waals surface area contributed by atoms with E-state index >= 15 is 0 Å². The average Bonchev–Trinajstić information content (AvgIpc) is 2.37. The first kappa shape index (κ1) is 12.0. The van der Waals surface area contributed by atoms with Crippen LogP contribution in [0.4, 0.5) is 4.39 Å². The predicted molar refractivity (Wildman–Crippen MR) is 61.5 cm³/mol. The second kappa shape index (κ2) is 5.23. The van der Waals surface area contributed by atoms with Crippen molar-refractivity contribution in [1.29, 1.82) is 0 Å². The highest BCUT2D eigenvalue weighted by atomic mass is 19.1. The molecule has 0 bridgehead atoms. The minimum atomic E-state index is -1.11. The van der Waals surface area contributed by atoms with Gasteiger partial charge in [0.1, 0.15) is 19.4 Å². The number of halogens is 1. The molecule has 0 saturated carbocycles. The maximum Gasteiger partial charge on any atom is 0.203 e. The van der Waals surface area contributed by atoms with Crippen LogP contribution in [0.25, 0.3) is 0 Å². The monoisotopic (exact) mass is 241 g/mol. The first-order valence-electron chi connectivity index (χ1n) is 5.58. The summed E-state index contributed by atoms with van der Waals surface area (Å²) < 4.78 is 29.8. The highest BCUT2D eigenvalue weighted by Gasteiger charge is 2.21. The van der Waals surface area contributed by atoms with Crippen LogP contribution in [0.5, 0.6) is 17.2 Å². The van der Waals surface area contributed by atoms with Gasteiger partial charge in [0, 0.05) is 0 Å². The molecular weight excluding hydrogens is 225 g/mol. The summed E-state index contributed by atoms with van der Waals surface area (Å²) in [5.74, 6) is 1.57. The molecule has 0 aromatic heterocycles. The third kappa shape index (κ3) is 2.44. The second-order valence-corrected chi connectivity index (χ2v) is 3.79. The summed E-state index contributed by atoms with van der Waals surface area (Å²) in [6.45, 7) is 1.25. The van der Waals surface area contributed by atoms with Crippen LogP contribution in [-0.2, 0) is 0 Å². The zero-order chi connectivity index (χ0) is 12.3. The summed E-state index contributed by atoms with van der Waals surface area (Å²) in [5, 5.41) is 0. The summed E-state index contributed by atoms with van der Waals surface area (Å²) >= 11 is 0. The first-order chi connectivity index (χ1) is 8.26. The Bertz CT molecular complexity index is 380. The van der Waals surface area contributed by atoms with E-state index in [1.165, 1.54) is 7.11 Å². The van der Waals surface area contributed by atoms with Crippen LogP contribution < -0.4 is 19.9 Å². The first-order valence-corrected chi connectivity index (χ1v) is 5.58. The van der Waals surface area contributed by atoms with Crippen molar-refractivity contribution in [3.05, 3.63) is 17.7 Å². The number of benzene rings is 1. The Morgan fingerprint density at radius 1 is 1.41 bits per heavy atom. The van der Waals surface area contributed by atoms with Gasteiger partial charge >= 0.3 is 0 Å². The van der Waals surface area contributed by atoms with E-state index in [4.69, 9.17) is 19.9 Å². The maximum atomic E-state index is 13.8. The summed E-state index contributed by atoms with van der Waals surface area (Å²) in [6, 6.07) is 3.28. The number of ether oxygens (including phenoxy) is 3. The van der Waals surface area contributed by atoms with Crippen molar-refractivity contribution in [2.24, 2.45) is 5.73 Å². The average molecular weight is 241 g/mol. The lowest BCUT2D eigenvalue weighted by molar-refractivity contribution is 0.164. The molecule has 94 valence electrons. The Labute approximate surface area is 99.5 Å². The van der Waals surface area contributed by atoms with Crippen molar-refractivity contribution < 1.29 is 18.6 Å². The van der Waals surface area contributed by atoms with Crippen molar-refractivity contribution in [1.82, 2.24) is 0 Å². The predicted octanol–water partition coefficient (Wildman–Crippen LogP) is 1.83. The van der Waals surface area contributed by atoms with Crippen molar-refractivity contribution in [3.8, 4) is 17.2 Å². The van der Waals surface area contributed by atoms with Crippen molar-refractivity contribution in [3.63, 3.8) is 0 Å². The van der Waals surface area contributed by atoms with Gasteiger partial charge in [0.2, 0.25) is 5.75 Å². The molecule has 1 aromatic rings. The van der Waals surface area contributed by atoms with Gasteiger partial charge in [-0.1, -0.05) is 0 Å². The fraction of sp³-hybridized carbons (Fsp3) is 0.500. The topological polar surface area (TPSA) is 53.7 Å². The lowest BCUT2D eigenvalue weighted by atomic mass is 10.1. The van der Waals surface area contributed by atoms with Crippen molar-refractivity contribution in [2.75, 3.05) is 26.9 Å². The van der Waals surface area contributed by atoms with Gasteiger partial charge in [-0.3, -0.25) is 0 Å². The van der Waals surface area contributed by atoms with Gasteiger partial charge in [-0.15, -0.1) is 0 Å². The fourth-order valence-corrected chi connectivity index (χ4v) is 1.79. The largest absolute Gasteiger partial charge is 0.493 e. The number of rotatable bonds is 4. The zero-order valence-corrected chi connectivity index (χ0v) is 9.74. The van der Waals surface area contributed by atoms with Gasteiger partial charge in [0.15, 0.2) is 11.5 Å². The molecule has 0 spiro atoms. The third-order valence-corrected chi connectivity index (χ3v) is 2.63. The van der Waals surface area contributed by atoms with E-state index in [0.717, 1.165) is 0 Å². The lowest BCUT2D eigenvalue weighted by Gasteiger charge is -2.22. The number of hydrogen-bond acceptors (Lipinski definition) is 4. The molecule has 2 N–H and O–H groups in total. The molecular formula is C12H16FNO3. The molecule has 2 rings (SSSR count). The normalized spacial score (nSPS) is 15.5. The van der Waals surface area contributed by atoms with Crippen LogP contribution in [0, 0.1) is 0 Å². The number of nitrogens with two attached hydrogens (primary N) is 1. The Morgan fingerprint density at radius 2 is 2.18 bits per heavy atom. The SMILES string of the molecule is COc1cc(C(F)CCN)cc2c1OCCO2. The highest BCUT2D eigenvalue weighted by molar-refractivity contribution is 5.54. The van der Waals surface area contributed by atoms with Gasteiger partial charge in [-0.05, 0) is 30.7 Å². The third-order valence-electron chi connectivity index (χ3n) is 2.63. The van der Waals surface area contributed by atoms with Crippen LogP contribution in [0.3, 0.4) is 0 Å². The minimum absolute atomic E-state index is 0.281. The second-order valence-electron chi connectivity index (χ2n) is 3.79. The van der Waals surface area contributed by atoms with E-state index in [0.29, 0.717) is 42.6 Å². The molecule has 1 heterocycles. The molecule has 0 radical (unpaired) electrons. The molecule has 1 aromatic carbocycles. The Balaban J connectivity index is 2.35. The Kier molecular flexibility index (Phi) is 3.68. The van der Waals surface area contributed by atoms with E-state index in [2.05, 4.69) is 0 Å². The molecule has 1 unspecified atom stereocenters. The molecule has 0 saturated heterocycles. The molecule has 0 fully saturated rings.